The molecule has 1 heterocycles. The molecule has 1 aromatic heterocycles. The monoisotopic (exact) mass is 300 g/mol. The van der Waals surface area contributed by atoms with E-state index in [1.165, 1.54) is 6.07 Å². The summed E-state index contributed by atoms with van der Waals surface area (Å²) in [7, 11) is 0. The molecule has 0 bridgehead atoms. The molecule has 1 saturated carbocycles. The molecule has 0 aliphatic heterocycles. The Hall–Kier alpha value is -2.10. The molecule has 1 fully saturated rings. The van der Waals surface area contributed by atoms with Crippen molar-refractivity contribution in [3.8, 4) is 5.75 Å². The Labute approximate surface area is 129 Å². The summed E-state index contributed by atoms with van der Waals surface area (Å²) in [4.78, 5) is 23.8. The number of fused-ring (bicyclic) bond motifs is 1. The highest BCUT2D eigenvalue weighted by Crippen LogP contribution is 2.57. The average molecular weight is 300 g/mol. The molecule has 3 rings (SSSR count). The van der Waals surface area contributed by atoms with Crippen molar-refractivity contribution >= 4 is 16.9 Å². The first kappa shape index (κ1) is 14.8. The minimum Gasteiger partial charge on any atom is -0.426 e. The van der Waals surface area contributed by atoms with E-state index >= 15 is 0 Å². The maximum absolute atomic E-state index is 12.5. The van der Waals surface area contributed by atoms with Gasteiger partial charge in [0.25, 0.3) is 0 Å². The Balaban J connectivity index is 1.83. The van der Waals surface area contributed by atoms with Crippen molar-refractivity contribution in [1.82, 2.24) is 0 Å². The van der Waals surface area contributed by atoms with E-state index in [-0.39, 0.29) is 11.4 Å². The van der Waals surface area contributed by atoms with Gasteiger partial charge in [-0.1, -0.05) is 20.8 Å². The van der Waals surface area contributed by atoms with Crippen molar-refractivity contribution in [1.29, 1.82) is 0 Å². The molecule has 2 unspecified atom stereocenters. The zero-order chi connectivity index (χ0) is 15.9. The Morgan fingerprint density at radius 2 is 2.05 bits per heavy atom. The maximum atomic E-state index is 12.5. The second-order valence-corrected chi connectivity index (χ2v) is 6.70. The van der Waals surface area contributed by atoms with Crippen LogP contribution in [-0.2, 0) is 4.79 Å². The topological polar surface area (TPSA) is 56.5 Å². The molecule has 116 valence electrons. The molecule has 2 atom stereocenters. The number of carbonyl (C=O) groups excluding carboxylic acids is 1. The average Bonchev–Trinajstić information content (AvgIpc) is 3.08. The molecular weight excluding hydrogens is 280 g/mol. The molecule has 4 heteroatoms. The quantitative estimate of drug-likeness (QED) is 0.490. The van der Waals surface area contributed by atoms with E-state index < -0.39 is 5.63 Å². The van der Waals surface area contributed by atoms with E-state index in [0.29, 0.717) is 23.2 Å². The van der Waals surface area contributed by atoms with Crippen LogP contribution in [0.25, 0.3) is 11.0 Å². The van der Waals surface area contributed by atoms with Gasteiger partial charge in [-0.2, -0.15) is 0 Å². The van der Waals surface area contributed by atoms with Gasteiger partial charge in [0.1, 0.15) is 11.3 Å². The van der Waals surface area contributed by atoms with Gasteiger partial charge in [0.2, 0.25) is 0 Å². The summed E-state index contributed by atoms with van der Waals surface area (Å²) in [6.45, 7) is 6.32. The van der Waals surface area contributed by atoms with Gasteiger partial charge in [0.15, 0.2) is 0 Å². The van der Waals surface area contributed by atoms with E-state index in [2.05, 4.69) is 20.8 Å². The van der Waals surface area contributed by atoms with Gasteiger partial charge in [0.05, 0.1) is 5.41 Å². The normalized spacial score (nSPS) is 23.7. The fourth-order valence-electron chi connectivity index (χ4n) is 3.18. The van der Waals surface area contributed by atoms with Crippen LogP contribution in [0.3, 0.4) is 0 Å². The zero-order valence-electron chi connectivity index (χ0n) is 13.1. The van der Waals surface area contributed by atoms with E-state index in [4.69, 9.17) is 9.15 Å². The number of hydrogen-bond donors (Lipinski definition) is 0. The van der Waals surface area contributed by atoms with Crippen LogP contribution in [0.4, 0.5) is 0 Å². The highest BCUT2D eigenvalue weighted by molar-refractivity contribution is 5.84. The van der Waals surface area contributed by atoms with Crippen molar-refractivity contribution in [3.05, 3.63) is 40.8 Å². The second-order valence-electron chi connectivity index (χ2n) is 6.70. The summed E-state index contributed by atoms with van der Waals surface area (Å²) in [5, 5.41) is 0.802. The molecule has 1 aromatic carbocycles. The molecule has 2 aromatic rings. The summed E-state index contributed by atoms with van der Waals surface area (Å²) in [5.41, 5.74) is -0.330. The Bertz CT molecular complexity index is 774. The van der Waals surface area contributed by atoms with Gasteiger partial charge in [0, 0.05) is 17.5 Å². The van der Waals surface area contributed by atoms with Crippen molar-refractivity contribution in [2.24, 2.45) is 17.3 Å². The summed E-state index contributed by atoms with van der Waals surface area (Å²) in [5.74, 6) is 1.06. The first-order valence-electron chi connectivity index (χ1n) is 7.67. The van der Waals surface area contributed by atoms with Crippen LogP contribution in [0.2, 0.25) is 0 Å². The number of rotatable bonds is 4. The van der Waals surface area contributed by atoms with Crippen molar-refractivity contribution in [2.75, 3.05) is 0 Å². The third kappa shape index (κ3) is 2.65. The van der Waals surface area contributed by atoms with Gasteiger partial charge in [-0.3, -0.25) is 4.79 Å². The third-order valence-electron chi connectivity index (χ3n) is 4.44. The van der Waals surface area contributed by atoms with Crippen LogP contribution in [-0.4, -0.2) is 5.97 Å². The maximum Gasteiger partial charge on any atom is 0.336 e. The number of benzene rings is 1. The summed E-state index contributed by atoms with van der Waals surface area (Å²) < 4.78 is 10.7. The molecule has 0 amide bonds. The molecule has 22 heavy (non-hydrogen) atoms. The molecule has 1 aliphatic carbocycles. The van der Waals surface area contributed by atoms with Crippen LogP contribution in [0.15, 0.2) is 39.5 Å². The molecule has 0 radical (unpaired) electrons. The van der Waals surface area contributed by atoms with Crippen LogP contribution in [0, 0.1) is 17.3 Å². The van der Waals surface area contributed by atoms with Gasteiger partial charge in [-0.25, -0.2) is 4.79 Å². The lowest BCUT2D eigenvalue weighted by Gasteiger charge is -2.17. The van der Waals surface area contributed by atoms with Crippen LogP contribution < -0.4 is 10.4 Å². The molecular formula is C18H20O4. The van der Waals surface area contributed by atoms with Crippen LogP contribution in [0.5, 0.6) is 5.75 Å². The first-order chi connectivity index (χ1) is 10.4. The molecule has 1 aliphatic rings. The van der Waals surface area contributed by atoms with E-state index in [9.17, 15) is 9.59 Å². The SMILES string of the molecule is CC(C)CC1(C(=O)Oc2ccc3ccc(=O)oc3c2)CC1C. The Kier molecular flexibility index (Phi) is 3.55. The predicted molar refractivity (Wildman–Crippen MR) is 83.8 cm³/mol. The van der Waals surface area contributed by atoms with Gasteiger partial charge < -0.3 is 9.15 Å². The first-order valence-corrected chi connectivity index (χ1v) is 7.67. The third-order valence-corrected chi connectivity index (χ3v) is 4.44. The minimum atomic E-state index is -0.414. The highest BCUT2D eigenvalue weighted by atomic mass is 16.5. The smallest absolute Gasteiger partial charge is 0.336 e. The number of ether oxygens (including phenoxy) is 1. The summed E-state index contributed by atoms with van der Waals surface area (Å²) in [6.07, 6.45) is 1.72. The van der Waals surface area contributed by atoms with E-state index in [0.717, 1.165) is 18.2 Å². The standard InChI is InChI=1S/C18H20O4/c1-11(2)9-18(10-12(18)3)17(20)21-14-6-4-13-5-7-16(19)22-15(13)8-14/h4-8,11-12H,9-10H2,1-3H3. The summed E-state index contributed by atoms with van der Waals surface area (Å²) >= 11 is 0. The zero-order valence-corrected chi connectivity index (χ0v) is 13.1. The molecule has 4 nitrogen and oxygen atoms in total. The van der Waals surface area contributed by atoms with Crippen molar-refractivity contribution in [2.45, 2.75) is 33.6 Å². The number of esters is 1. The lowest BCUT2D eigenvalue weighted by molar-refractivity contribution is -0.141. The molecule has 0 N–H and O–H groups in total. The minimum absolute atomic E-state index is 0.175. The fourth-order valence-corrected chi connectivity index (χ4v) is 3.18. The molecule has 0 saturated heterocycles. The van der Waals surface area contributed by atoms with Crippen molar-refractivity contribution < 1.29 is 13.9 Å². The Morgan fingerprint density at radius 1 is 1.36 bits per heavy atom. The predicted octanol–water partition coefficient (Wildman–Crippen LogP) is 3.77. The van der Waals surface area contributed by atoms with Crippen LogP contribution >= 0.6 is 0 Å². The molecule has 0 spiro atoms. The van der Waals surface area contributed by atoms with E-state index in [1.54, 1.807) is 24.3 Å². The second kappa shape index (κ2) is 5.27. The van der Waals surface area contributed by atoms with Crippen LogP contribution in [0.1, 0.15) is 33.6 Å². The highest BCUT2D eigenvalue weighted by Gasteiger charge is 2.58. The van der Waals surface area contributed by atoms with Gasteiger partial charge in [-0.05, 0) is 42.9 Å². The van der Waals surface area contributed by atoms with Crippen molar-refractivity contribution in [3.63, 3.8) is 0 Å². The fraction of sp³-hybridized carbons (Fsp3) is 0.444. The lowest BCUT2D eigenvalue weighted by Crippen LogP contribution is -2.25. The van der Waals surface area contributed by atoms with Gasteiger partial charge >= 0.3 is 11.6 Å². The number of carbonyl (C=O) groups is 1. The lowest BCUT2D eigenvalue weighted by atomic mass is 9.92. The Morgan fingerprint density at radius 3 is 2.68 bits per heavy atom. The largest absolute Gasteiger partial charge is 0.426 e. The van der Waals surface area contributed by atoms with E-state index in [1.807, 2.05) is 0 Å². The summed E-state index contributed by atoms with van der Waals surface area (Å²) in [6, 6.07) is 8.18. The van der Waals surface area contributed by atoms with Gasteiger partial charge in [-0.15, -0.1) is 0 Å². The number of hydrogen-bond acceptors (Lipinski definition) is 4.